The molecule has 0 bridgehead atoms. The molecule has 0 saturated carbocycles. The van der Waals surface area contributed by atoms with Gasteiger partial charge in [0.15, 0.2) is 0 Å². The number of anilines is 1. The summed E-state index contributed by atoms with van der Waals surface area (Å²) in [6.07, 6.45) is 0.807. The SMILES string of the molecule is Cc1ccc(/C=N\O[C@H](C)C(=O)Nc2cccc(C#N)c2)cc1. The van der Waals surface area contributed by atoms with Crippen LogP contribution in [0.3, 0.4) is 0 Å². The lowest BCUT2D eigenvalue weighted by molar-refractivity contribution is -0.126. The van der Waals surface area contributed by atoms with Crippen LogP contribution in [0.15, 0.2) is 53.7 Å². The normalized spacial score (nSPS) is 11.7. The van der Waals surface area contributed by atoms with E-state index in [4.69, 9.17) is 10.1 Å². The number of carbonyl (C=O) groups is 1. The maximum Gasteiger partial charge on any atom is 0.267 e. The van der Waals surface area contributed by atoms with E-state index in [0.717, 1.165) is 11.1 Å². The molecule has 1 atom stereocenters. The van der Waals surface area contributed by atoms with Crippen LogP contribution in [-0.2, 0) is 9.63 Å². The van der Waals surface area contributed by atoms with Gasteiger partial charge >= 0.3 is 0 Å². The summed E-state index contributed by atoms with van der Waals surface area (Å²) in [4.78, 5) is 17.2. The van der Waals surface area contributed by atoms with Crippen molar-refractivity contribution in [3.8, 4) is 6.07 Å². The van der Waals surface area contributed by atoms with E-state index in [-0.39, 0.29) is 5.91 Å². The second kappa shape index (κ2) is 7.76. The number of rotatable bonds is 5. The largest absolute Gasteiger partial charge is 0.383 e. The summed E-state index contributed by atoms with van der Waals surface area (Å²) in [5.41, 5.74) is 3.08. The average molecular weight is 307 g/mol. The Labute approximate surface area is 135 Å². The van der Waals surface area contributed by atoms with Gasteiger partial charge in [0, 0.05) is 5.69 Å². The highest BCUT2D eigenvalue weighted by Crippen LogP contribution is 2.10. The smallest absolute Gasteiger partial charge is 0.267 e. The maximum absolute atomic E-state index is 12.0. The van der Waals surface area contributed by atoms with Crippen LogP contribution in [0.25, 0.3) is 0 Å². The molecular formula is C18H17N3O2. The van der Waals surface area contributed by atoms with Crippen LogP contribution in [0, 0.1) is 18.3 Å². The van der Waals surface area contributed by atoms with E-state index < -0.39 is 6.10 Å². The predicted octanol–water partition coefficient (Wildman–Crippen LogP) is 3.24. The second-order valence-electron chi connectivity index (χ2n) is 5.07. The molecule has 0 heterocycles. The number of aryl methyl sites for hydroxylation is 1. The molecule has 0 spiro atoms. The van der Waals surface area contributed by atoms with Crippen molar-refractivity contribution in [1.82, 2.24) is 0 Å². The summed E-state index contributed by atoms with van der Waals surface area (Å²) in [5.74, 6) is -0.332. The molecular weight excluding hydrogens is 290 g/mol. The first kappa shape index (κ1) is 16.2. The lowest BCUT2D eigenvalue weighted by Crippen LogP contribution is -2.26. The molecule has 2 aromatic carbocycles. The minimum Gasteiger partial charge on any atom is -0.383 e. The molecule has 0 aliphatic rings. The highest BCUT2D eigenvalue weighted by Gasteiger charge is 2.14. The third-order valence-electron chi connectivity index (χ3n) is 3.13. The molecule has 116 valence electrons. The van der Waals surface area contributed by atoms with Gasteiger partial charge in [-0.2, -0.15) is 5.26 Å². The zero-order chi connectivity index (χ0) is 16.7. The van der Waals surface area contributed by atoms with Gasteiger partial charge in [0.2, 0.25) is 6.10 Å². The highest BCUT2D eigenvalue weighted by atomic mass is 16.6. The molecule has 0 aliphatic heterocycles. The Morgan fingerprint density at radius 3 is 2.74 bits per heavy atom. The molecule has 0 fully saturated rings. The van der Waals surface area contributed by atoms with Crippen molar-refractivity contribution in [2.75, 3.05) is 5.32 Å². The quantitative estimate of drug-likeness (QED) is 0.680. The molecule has 0 aromatic heterocycles. The van der Waals surface area contributed by atoms with Crippen LogP contribution in [0.2, 0.25) is 0 Å². The van der Waals surface area contributed by atoms with Crippen LogP contribution in [0.1, 0.15) is 23.6 Å². The number of oxime groups is 1. The van der Waals surface area contributed by atoms with E-state index in [1.54, 1.807) is 37.4 Å². The van der Waals surface area contributed by atoms with Gasteiger partial charge in [-0.3, -0.25) is 4.79 Å². The van der Waals surface area contributed by atoms with E-state index in [2.05, 4.69) is 10.5 Å². The molecule has 0 saturated heterocycles. The van der Waals surface area contributed by atoms with Crippen molar-refractivity contribution in [1.29, 1.82) is 5.26 Å². The first-order chi connectivity index (χ1) is 11.1. The minimum absolute atomic E-state index is 0.332. The summed E-state index contributed by atoms with van der Waals surface area (Å²) in [6.45, 7) is 3.61. The number of nitrogens with zero attached hydrogens (tertiary/aromatic N) is 2. The zero-order valence-electron chi connectivity index (χ0n) is 13.0. The maximum atomic E-state index is 12.0. The Balaban J connectivity index is 1.89. The predicted molar refractivity (Wildman–Crippen MR) is 89.1 cm³/mol. The monoisotopic (exact) mass is 307 g/mol. The van der Waals surface area contributed by atoms with Gasteiger partial charge in [0.1, 0.15) is 0 Å². The molecule has 23 heavy (non-hydrogen) atoms. The van der Waals surface area contributed by atoms with Gasteiger partial charge < -0.3 is 10.2 Å². The molecule has 1 N–H and O–H groups in total. The average Bonchev–Trinajstić information content (AvgIpc) is 2.56. The first-order valence-electron chi connectivity index (χ1n) is 7.15. The van der Waals surface area contributed by atoms with Crippen molar-refractivity contribution in [2.24, 2.45) is 5.16 Å². The first-order valence-corrected chi connectivity index (χ1v) is 7.15. The molecule has 0 aliphatic carbocycles. The summed E-state index contributed by atoms with van der Waals surface area (Å²) < 4.78 is 0. The standard InChI is InChI=1S/C18H17N3O2/c1-13-6-8-15(9-7-13)12-20-23-14(2)18(22)21-17-5-3-4-16(10-17)11-19/h3-10,12,14H,1-2H3,(H,21,22)/b20-12-/t14-/m1/s1. The van der Waals surface area contributed by atoms with E-state index in [0.29, 0.717) is 11.3 Å². The Bertz CT molecular complexity index is 746. The summed E-state index contributed by atoms with van der Waals surface area (Å²) in [7, 11) is 0. The second-order valence-corrected chi connectivity index (χ2v) is 5.07. The third kappa shape index (κ3) is 4.97. The number of nitrogens with one attached hydrogen (secondary N) is 1. The fourth-order valence-electron chi connectivity index (χ4n) is 1.79. The van der Waals surface area contributed by atoms with Crippen LogP contribution < -0.4 is 5.32 Å². The molecule has 1 amide bonds. The van der Waals surface area contributed by atoms with Gasteiger partial charge in [0.25, 0.3) is 5.91 Å². The summed E-state index contributed by atoms with van der Waals surface area (Å²) >= 11 is 0. The van der Waals surface area contributed by atoms with Crippen LogP contribution in [-0.4, -0.2) is 18.2 Å². The van der Waals surface area contributed by atoms with Crippen LogP contribution >= 0.6 is 0 Å². The van der Waals surface area contributed by atoms with Crippen molar-refractivity contribution in [3.05, 3.63) is 65.2 Å². The van der Waals surface area contributed by atoms with Gasteiger partial charge in [-0.15, -0.1) is 0 Å². The Morgan fingerprint density at radius 1 is 1.30 bits per heavy atom. The van der Waals surface area contributed by atoms with E-state index in [1.807, 2.05) is 37.3 Å². The van der Waals surface area contributed by atoms with Gasteiger partial charge in [-0.25, -0.2) is 0 Å². The fourth-order valence-corrected chi connectivity index (χ4v) is 1.79. The van der Waals surface area contributed by atoms with Crippen molar-refractivity contribution < 1.29 is 9.63 Å². The van der Waals surface area contributed by atoms with E-state index in [1.165, 1.54) is 0 Å². The lowest BCUT2D eigenvalue weighted by atomic mass is 10.2. The summed E-state index contributed by atoms with van der Waals surface area (Å²) in [5, 5.41) is 15.4. The number of nitriles is 1. The number of benzene rings is 2. The molecule has 0 radical (unpaired) electrons. The Kier molecular flexibility index (Phi) is 5.48. The zero-order valence-corrected chi connectivity index (χ0v) is 13.0. The molecule has 5 nitrogen and oxygen atoms in total. The van der Waals surface area contributed by atoms with Gasteiger partial charge in [-0.1, -0.05) is 41.1 Å². The molecule has 5 heteroatoms. The fraction of sp³-hybridized carbons (Fsp3) is 0.167. The number of amides is 1. The van der Waals surface area contributed by atoms with Gasteiger partial charge in [-0.05, 0) is 37.6 Å². The Hall–Kier alpha value is -3.13. The summed E-state index contributed by atoms with van der Waals surface area (Å²) in [6, 6.07) is 16.5. The third-order valence-corrected chi connectivity index (χ3v) is 3.13. The minimum atomic E-state index is -0.748. The lowest BCUT2D eigenvalue weighted by Gasteiger charge is -2.10. The molecule has 2 rings (SSSR count). The van der Waals surface area contributed by atoms with E-state index >= 15 is 0 Å². The van der Waals surface area contributed by atoms with E-state index in [9.17, 15) is 4.79 Å². The number of carbonyl (C=O) groups excluding carboxylic acids is 1. The molecule has 0 unspecified atom stereocenters. The van der Waals surface area contributed by atoms with Crippen molar-refractivity contribution in [2.45, 2.75) is 20.0 Å². The number of hydrogen-bond donors (Lipinski definition) is 1. The molecule has 2 aromatic rings. The van der Waals surface area contributed by atoms with Gasteiger partial charge in [0.05, 0.1) is 17.8 Å². The van der Waals surface area contributed by atoms with Crippen LogP contribution in [0.4, 0.5) is 5.69 Å². The Morgan fingerprint density at radius 2 is 2.04 bits per heavy atom. The number of hydrogen-bond acceptors (Lipinski definition) is 4. The highest BCUT2D eigenvalue weighted by molar-refractivity contribution is 5.94. The topological polar surface area (TPSA) is 74.5 Å². The van der Waals surface area contributed by atoms with Crippen molar-refractivity contribution >= 4 is 17.8 Å². The van der Waals surface area contributed by atoms with Crippen molar-refractivity contribution in [3.63, 3.8) is 0 Å². The van der Waals surface area contributed by atoms with Crippen LogP contribution in [0.5, 0.6) is 0 Å².